The predicted molar refractivity (Wildman–Crippen MR) is 53.7 cm³/mol. The zero-order chi connectivity index (χ0) is 8.67. The summed E-state index contributed by atoms with van der Waals surface area (Å²) in [6, 6.07) is 1.81. The van der Waals surface area contributed by atoms with Gasteiger partial charge in [0.05, 0.1) is 0 Å². The van der Waals surface area contributed by atoms with Crippen molar-refractivity contribution in [3.05, 3.63) is 0 Å². The van der Waals surface area contributed by atoms with E-state index in [0.29, 0.717) is 0 Å². The third-order valence-corrected chi connectivity index (χ3v) is 4.22. The first-order valence-electron chi connectivity index (χ1n) is 5.91. The highest BCUT2D eigenvalue weighted by molar-refractivity contribution is 4.95. The van der Waals surface area contributed by atoms with E-state index >= 15 is 0 Å². The molecule has 0 aromatic heterocycles. The van der Waals surface area contributed by atoms with Gasteiger partial charge in [0.25, 0.3) is 0 Å². The molecule has 2 nitrogen and oxygen atoms in total. The molecule has 0 radical (unpaired) electrons. The fourth-order valence-corrected chi connectivity index (χ4v) is 3.13. The van der Waals surface area contributed by atoms with Gasteiger partial charge >= 0.3 is 0 Å². The van der Waals surface area contributed by atoms with E-state index in [4.69, 9.17) is 0 Å². The van der Waals surface area contributed by atoms with Crippen molar-refractivity contribution in [2.24, 2.45) is 5.92 Å². The third-order valence-electron chi connectivity index (χ3n) is 4.22. The van der Waals surface area contributed by atoms with E-state index in [1.807, 2.05) is 0 Å². The van der Waals surface area contributed by atoms with Crippen LogP contribution < -0.4 is 5.32 Å². The van der Waals surface area contributed by atoms with Gasteiger partial charge in [0.15, 0.2) is 0 Å². The molecule has 2 aliphatic heterocycles. The second kappa shape index (κ2) is 3.25. The van der Waals surface area contributed by atoms with Gasteiger partial charge in [-0.3, -0.25) is 4.90 Å². The molecule has 2 unspecified atom stereocenters. The Bertz CT molecular complexity index is 175. The van der Waals surface area contributed by atoms with E-state index in [2.05, 4.69) is 10.2 Å². The average Bonchev–Trinajstić information content (AvgIpc) is 2.43. The maximum atomic E-state index is 3.67. The Morgan fingerprint density at radius 1 is 1.00 bits per heavy atom. The first kappa shape index (κ1) is 8.25. The van der Waals surface area contributed by atoms with Crippen LogP contribution in [0.1, 0.15) is 32.1 Å². The minimum atomic E-state index is 0.842. The molecule has 2 atom stereocenters. The smallest absolute Gasteiger partial charge is 0.0235 e. The monoisotopic (exact) mass is 180 g/mol. The number of piperidine rings is 1. The summed E-state index contributed by atoms with van der Waals surface area (Å²) in [5.74, 6) is 0.981. The van der Waals surface area contributed by atoms with Gasteiger partial charge in [0.2, 0.25) is 0 Å². The van der Waals surface area contributed by atoms with Crippen LogP contribution in [0.25, 0.3) is 0 Å². The molecule has 1 saturated carbocycles. The molecule has 0 aromatic carbocycles. The summed E-state index contributed by atoms with van der Waals surface area (Å²) in [5.41, 5.74) is 0. The van der Waals surface area contributed by atoms with Crippen molar-refractivity contribution in [3.8, 4) is 0 Å². The SMILES string of the molecule is C1CNC2CN(C3CCC3)CC2C1. The van der Waals surface area contributed by atoms with Crippen LogP contribution in [0.3, 0.4) is 0 Å². The lowest BCUT2D eigenvalue weighted by atomic mass is 9.91. The van der Waals surface area contributed by atoms with Crippen LogP contribution in [0.4, 0.5) is 0 Å². The number of likely N-dealkylation sites (tertiary alicyclic amines) is 1. The lowest BCUT2D eigenvalue weighted by Gasteiger charge is -2.34. The summed E-state index contributed by atoms with van der Waals surface area (Å²) in [4.78, 5) is 2.75. The highest BCUT2D eigenvalue weighted by Crippen LogP contribution is 2.32. The van der Waals surface area contributed by atoms with Gasteiger partial charge in [-0.1, -0.05) is 6.42 Å². The van der Waals surface area contributed by atoms with Gasteiger partial charge in [-0.05, 0) is 38.1 Å². The molecule has 1 N–H and O–H groups in total. The van der Waals surface area contributed by atoms with E-state index in [0.717, 1.165) is 18.0 Å². The van der Waals surface area contributed by atoms with Gasteiger partial charge in [0.1, 0.15) is 0 Å². The Hall–Kier alpha value is -0.0800. The van der Waals surface area contributed by atoms with E-state index < -0.39 is 0 Å². The maximum absolute atomic E-state index is 3.67. The zero-order valence-corrected chi connectivity index (χ0v) is 8.34. The lowest BCUT2D eigenvalue weighted by molar-refractivity contribution is 0.152. The topological polar surface area (TPSA) is 15.3 Å². The number of hydrogen-bond acceptors (Lipinski definition) is 2. The summed E-state index contributed by atoms with van der Waals surface area (Å²) in [6.45, 7) is 4.00. The van der Waals surface area contributed by atoms with Crippen molar-refractivity contribution in [1.82, 2.24) is 10.2 Å². The Morgan fingerprint density at radius 2 is 1.92 bits per heavy atom. The van der Waals surface area contributed by atoms with Crippen molar-refractivity contribution in [2.45, 2.75) is 44.2 Å². The molecule has 2 heterocycles. The second-order valence-corrected chi connectivity index (χ2v) is 5.00. The van der Waals surface area contributed by atoms with Gasteiger partial charge in [-0.2, -0.15) is 0 Å². The minimum absolute atomic E-state index is 0.842. The van der Waals surface area contributed by atoms with Crippen LogP contribution in [0.2, 0.25) is 0 Å². The Labute approximate surface area is 80.7 Å². The number of nitrogens with one attached hydrogen (secondary N) is 1. The molecule has 13 heavy (non-hydrogen) atoms. The third kappa shape index (κ3) is 1.40. The largest absolute Gasteiger partial charge is 0.312 e. The summed E-state index contributed by atoms with van der Waals surface area (Å²) in [6.07, 6.45) is 7.30. The highest BCUT2D eigenvalue weighted by Gasteiger charge is 2.38. The predicted octanol–water partition coefficient (Wildman–Crippen LogP) is 1.22. The van der Waals surface area contributed by atoms with Gasteiger partial charge in [-0.25, -0.2) is 0 Å². The Kier molecular flexibility index (Phi) is 2.06. The number of rotatable bonds is 1. The molecule has 3 fully saturated rings. The van der Waals surface area contributed by atoms with Crippen molar-refractivity contribution in [3.63, 3.8) is 0 Å². The number of fused-ring (bicyclic) bond motifs is 1. The van der Waals surface area contributed by atoms with E-state index in [1.165, 1.54) is 51.7 Å². The molecule has 0 aromatic rings. The molecule has 3 rings (SSSR count). The summed E-state index contributed by atoms with van der Waals surface area (Å²) >= 11 is 0. The number of hydrogen-bond donors (Lipinski definition) is 1. The van der Waals surface area contributed by atoms with Crippen molar-refractivity contribution < 1.29 is 0 Å². The molecular weight excluding hydrogens is 160 g/mol. The molecule has 0 amide bonds. The van der Waals surface area contributed by atoms with Crippen LogP contribution in [-0.4, -0.2) is 36.6 Å². The molecule has 2 heteroatoms. The van der Waals surface area contributed by atoms with Crippen LogP contribution in [0.5, 0.6) is 0 Å². The average molecular weight is 180 g/mol. The molecular formula is C11H20N2. The molecule has 0 spiro atoms. The van der Waals surface area contributed by atoms with Gasteiger partial charge in [-0.15, -0.1) is 0 Å². The molecule has 0 bridgehead atoms. The van der Waals surface area contributed by atoms with Gasteiger partial charge < -0.3 is 5.32 Å². The molecule has 3 aliphatic rings. The van der Waals surface area contributed by atoms with Crippen LogP contribution in [0.15, 0.2) is 0 Å². The maximum Gasteiger partial charge on any atom is 0.0235 e. The quantitative estimate of drug-likeness (QED) is 0.653. The summed E-state index contributed by atoms with van der Waals surface area (Å²) in [5, 5.41) is 3.67. The van der Waals surface area contributed by atoms with Crippen molar-refractivity contribution in [2.75, 3.05) is 19.6 Å². The van der Waals surface area contributed by atoms with Crippen LogP contribution >= 0.6 is 0 Å². The van der Waals surface area contributed by atoms with E-state index in [-0.39, 0.29) is 0 Å². The number of nitrogens with zero attached hydrogens (tertiary/aromatic N) is 1. The normalized spacial score (nSPS) is 41.5. The molecule has 74 valence electrons. The highest BCUT2D eigenvalue weighted by atomic mass is 15.2. The second-order valence-electron chi connectivity index (χ2n) is 5.00. The van der Waals surface area contributed by atoms with E-state index in [1.54, 1.807) is 0 Å². The fraction of sp³-hybridized carbons (Fsp3) is 1.00. The fourth-order valence-electron chi connectivity index (χ4n) is 3.13. The Morgan fingerprint density at radius 3 is 2.62 bits per heavy atom. The minimum Gasteiger partial charge on any atom is -0.312 e. The molecule has 2 saturated heterocycles. The summed E-state index contributed by atoms with van der Waals surface area (Å²) in [7, 11) is 0. The standard InChI is InChI=1S/C11H20N2/c1-4-10(5-1)13-7-9-3-2-6-12-11(9)8-13/h9-12H,1-8H2. The van der Waals surface area contributed by atoms with Crippen molar-refractivity contribution >= 4 is 0 Å². The Balaban J connectivity index is 1.62. The van der Waals surface area contributed by atoms with Gasteiger partial charge in [0, 0.05) is 25.2 Å². The van der Waals surface area contributed by atoms with Crippen LogP contribution in [0, 0.1) is 5.92 Å². The first-order valence-corrected chi connectivity index (χ1v) is 5.91. The zero-order valence-electron chi connectivity index (χ0n) is 8.34. The summed E-state index contributed by atoms with van der Waals surface area (Å²) < 4.78 is 0. The van der Waals surface area contributed by atoms with Crippen molar-refractivity contribution in [1.29, 1.82) is 0 Å². The lowest BCUT2D eigenvalue weighted by Crippen LogP contribution is -2.42. The van der Waals surface area contributed by atoms with E-state index in [9.17, 15) is 0 Å². The first-order chi connectivity index (χ1) is 6.43. The van der Waals surface area contributed by atoms with Crippen LogP contribution in [-0.2, 0) is 0 Å². The molecule has 1 aliphatic carbocycles.